The molecule has 3 nitrogen and oxygen atoms in total. The second-order valence-corrected chi connectivity index (χ2v) is 12.6. The van der Waals surface area contributed by atoms with Crippen molar-refractivity contribution in [3.05, 3.63) is 116 Å². The van der Waals surface area contributed by atoms with Crippen molar-refractivity contribution in [2.45, 2.75) is 79.8 Å². The summed E-state index contributed by atoms with van der Waals surface area (Å²) >= 11 is 0. The Morgan fingerprint density at radius 1 is 0.488 bits per heavy atom. The van der Waals surface area contributed by atoms with E-state index in [9.17, 15) is 0 Å². The number of rotatable bonds is 8. The molecule has 0 aromatic heterocycles. The molecule has 0 amide bonds. The highest BCUT2D eigenvalue weighted by atomic mass is 16.6. The van der Waals surface area contributed by atoms with Crippen molar-refractivity contribution >= 4 is 0 Å². The molecule has 0 saturated carbocycles. The summed E-state index contributed by atoms with van der Waals surface area (Å²) in [5.41, 5.74) is 17.5. The van der Waals surface area contributed by atoms with Crippen molar-refractivity contribution in [1.82, 2.24) is 0 Å². The fourth-order valence-corrected chi connectivity index (χ4v) is 6.75. The zero-order valence-corrected chi connectivity index (χ0v) is 25.7. The van der Waals surface area contributed by atoms with Crippen molar-refractivity contribution < 1.29 is 14.2 Å². The summed E-state index contributed by atoms with van der Waals surface area (Å²) in [7, 11) is 0. The molecule has 2 saturated heterocycles. The Bertz CT molecular complexity index is 1460. The summed E-state index contributed by atoms with van der Waals surface area (Å²) in [6, 6.07) is 22.8. The molecule has 3 heteroatoms. The Labute approximate surface area is 245 Å². The fourth-order valence-electron chi connectivity index (χ4n) is 6.75. The summed E-state index contributed by atoms with van der Waals surface area (Å²) in [5.74, 6) is 0. The lowest BCUT2D eigenvalue weighted by Gasteiger charge is -2.30. The molecule has 2 aliphatic heterocycles. The first-order valence-electron chi connectivity index (χ1n) is 14.9. The zero-order chi connectivity index (χ0) is 29.0. The Balaban J connectivity index is 1.50. The normalized spacial score (nSPS) is 19.2. The number of aryl methyl sites for hydroxylation is 8. The maximum absolute atomic E-state index is 7.31. The molecule has 2 fully saturated rings. The molecule has 212 valence electrons. The summed E-state index contributed by atoms with van der Waals surface area (Å²) in [4.78, 5) is 0. The minimum atomic E-state index is -0.201. The Morgan fingerprint density at radius 3 is 1.12 bits per heavy atom. The zero-order valence-electron chi connectivity index (χ0n) is 25.7. The van der Waals surface area contributed by atoms with Crippen LogP contribution in [-0.2, 0) is 14.2 Å². The Hall–Kier alpha value is -3.24. The van der Waals surface area contributed by atoms with Crippen LogP contribution >= 0.6 is 0 Å². The summed E-state index contributed by atoms with van der Waals surface area (Å²) in [5, 5.41) is 0. The molecule has 0 radical (unpaired) electrons. The van der Waals surface area contributed by atoms with Crippen molar-refractivity contribution in [1.29, 1.82) is 0 Å². The van der Waals surface area contributed by atoms with Crippen molar-refractivity contribution in [3.8, 4) is 22.3 Å². The topological polar surface area (TPSA) is 34.3 Å². The van der Waals surface area contributed by atoms with Crippen LogP contribution in [0.15, 0.2) is 60.7 Å². The van der Waals surface area contributed by atoms with E-state index < -0.39 is 0 Å². The Morgan fingerprint density at radius 2 is 0.805 bits per heavy atom. The Kier molecular flexibility index (Phi) is 7.40. The number of hydrogen-bond donors (Lipinski definition) is 0. The molecule has 4 aromatic rings. The van der Waals surface area contributed by atoms with Crippen molar-refractivity contribution in [3.63, 3.8) is 0 Å². The van der Waals surface area contributed by atoms with Gasteiger partial charge in [-0.25, -0.2) is 0 Å². The summed E-state index contributed by atoms with van der Waals surface area (Å²) in [6.45, 7) is 18.9. The molecule has 6 rings (SSSR count). The van der Waals surface area contributed by atoms with Crippen LogP contribution in [0.3, 0.4) is 0 Å². The lowest BCUT2D eigenvalue weighted by molar-refractivity contribution is -0.0419. The smallest absolute Gasteiger partial charge is 0.113 e. The van der Waals surface area contributed by atoms with Crippen LogP contribution in [0.5, 0.6) is 0 Å². The van der Waals surface area contributed by atoms with E-state index in [1.165, 1.54) is 77.9 Å². The highest BCUT2D eigenvalue weighted by Crippen LogP contribution is 2.47. The van der Waals surface area contributed by atoms with Crippen molar-refractivity contribution in [2.75, 3.05) is 13.2 Å². The quantitative estimate of drug-likeness (QED) is 0.207. The van der Waals surface area contributed by atoms with Gasteiger partial charge in [-0.1, -0.05) is 94.0 Å². The standard InChI is InChI=1S/C38H42O3/c1-21-9-22(2)14-29(13-21)31-17-25(5)11-27(7)35(31)37(33-19-39-33)41-38(34-20-40-34)36-28(8)12-26(6)18-32(36)30-15-23(3)10-24(4)16-30/h9-18,33-34,37-38H,19-20H2,1-8H3. The van der Waals surface area contributed by atoms with E-state index in [0.29, 0.717) is 13.2 Å². The fraction of sp³-hybridized carbons (Fsp3) is 0.368. The summed E-state index contributed by atoms with van der Waals surface area (Å²) < 4.78 is 19.3. The second-order valence-electron chi connectivity index (χ2n) is 12.6. The third kappa shape index (κ3) is 5.90. The van der Waals surface area contributed by atoms with E-state index in [1.54, 1.807) is 0 Å². The predicted molar refractivity (Wildman–Crippen MR) is 168 cm³/mol. The van der Waals surface area contributed by atoms with Gasteiger partial charge in [-0.2, -0.15) is 0 Å². The first kappa shape index (κ1) is 27.9. The van der Waals surface area contributed by atoms with Gasteiger partial charge in [-0.15, -0.1) is 0 Å². The molecule has 4 atom stereocenters. The van der Waals surface area contributed by atoms with E-state index in [-0.39, 0.29) is 24.4 Å². The third-order valence-corrected chi connectivity index (χ3v) is 8.38. The largest absolute Gasteiger partial charge is 0.370 e. The van der Waals surface area contributed by atoms with Gasteiger partial charge in [0.25, 0.3) is 0 Å². The van der Waals surface area contributed by atoms with Crippen LogP contribution in [0.1, 0.15) is 67.8 Å². The van der Waals surface area contributed by atoms with E-state index in [1.807, 2.05) is 0 Å². The second kappa shape index (κ2) is 10.9. The monoisotopic (exact) mass is 546 g/mol. The predicted octanol–water partition coefficient (Wildman–Crippen LogP) is 9.08. The molecule has 2 aliphatic rings. The molecule has 4 unspecified atom stereocenters. The highest BCUT2D eigenvalue weighted by molar-refractivity contribution is 5.73. The van der Waals surface area contributed by atoms with Gasteiger partial charge in [-0.05, 0) is 99.9 Å². The van der Waals surface area contributed by atoms with Gasteiger partial charge in [0.05, 0.1) is 13.2 Å². The molecule has 0 N–H and O–H groups in total. The number of benzene rings is 4. The average Bonchev–Trinajstić information content (AvgIpc) is 3.78. The molecule has 41 heavy (non-hydrogen) atoms. The van der Waals surface area contributed by atoms with Gasteiger partial charge < -0.3 is 14.2 Å². The average molecular weight is 547 g/mol. The molecule has 0 aliphatic carbocycles. The van der Waals surface area contributed by atoms with Gasteiger partial charge in [0, 0.05) is 0 Å². The van der Waals surface area contributed by atoms with Crippen LogP contribution in [0, 0.1) is 55.4 Å². The van der Waals surface area contributed by atoms with E-state index in [4.69, 9.17) is 14.2 Å². The van der Waals surface area contributed by atoms with Crippen LogP contribution in [0.4, 0.5) is 0 Å². The highest BCUT2D eigenvalue weighted by Gasteiger charge is 2.44. The molecule has 0 bridgehead atoms. The van der Waals surface area contributed by atoms with Crippen LogP contribution in [0.2, 0.25) is 0 Å². The lowest BCUT2D eigenvalue weighted by Crippen LogP contribution is -2.22. The summed E-state index contributed by atoms with van der Waals surface area (Å²) in [6.07, 6.45) is -0.350. The van der Waals surface area contributed by atoms with Gasteiger partial charge >= 0.3 is 0 Å². The minimum absolute atomic E-state index is 0.0257. The van der Waals surface area contributed by atoms with E-state index in [0.717, 1.165) is 0 Å². The van der Waals surface area contributed by atoms with E-state index in [2.05, 4.69) is 116 Å². The van der Waals surface area contributed by atoms with Gasteiger partial charge in [0.15, 0.2) is 0 Å². The minimum Gasteiger partial charge on any atom is -0.370 e. The molecular formula is C38H42O3. The maximum atomic E-state index is 7.31. The lowest BCUT2D eigenvalue weighted by atomic mass is 9.86. The third-order valence-electron chi connectivity index (χ3n) is 8.38. The van der Waals surface area contributed by atoms with E-state index >= 15 is 0 Å². The molecule has 4 aromatic carbocycles. The number of ether oxygens (including phenoxy) is 3. The van der Waals surface area contributed by atoms with Crippen molar-refractivity contribution in [2.24, 2.45) is 0 Å². The first-order chi connectivity index (χ1) is 19.6. The molecular weight excluding hydrogens is 504 g/mol. The maximum Gasteiger partial charge on any atom is 0.113 e. The molecule has 0 spiro atoms. The van der Waals surface area contributed by atoms with Crippen LogP contribution in [-0.4, -0.2) is 25.4 Å². The van der Waals surface area contributed by atoms with Gasteiger partial charge in [-0.3, -0.25) is 0 Å². The van der Waals surface area contributed by atoms with Gasteiger partial charge in [0.2, 0.25) is 0 Å². The molecule has 2 heterocycles. The van der Waals surface area contributed by atoms with Gasteiger partial charge in [0.1, 0.15) is 24.4 Å². The van der Waals surface area contributed by atoms with Crippen LogP contribution < -0.4 is 0 Å². The SMILES string of the molecule is Cc1cc(C)cc(-c2cc(C)cc(C)c2C(OC(c2c(C)cc(C)cc2-c2cc(C)cc(C)c2)C2CO2)C2CO2)c1. The van der Waals surface area contributed by atoms with Crippen LogP contribution in [0.25, 0.3) is 22.3 Å². The number of epoxide rings is 2. The number of hydrogen-bond acceptors (Lipinski definition) is 3. The first-order valence-corrected chi connectivity index (χ1v) is 14.9.